The summed E-state index contributed by atoms with van der Waals surface area (Å²) >= 11 is 0. The molecule has 2 fully saturated rings. The number of hydroxylamine groups is 1. The molecule has 13 nitrogen and oxygen atoms in total. The number of amides is 5. The molecule has 5 amide bonds. The second kappa shape index (κ2) is 15.8. The van der Waals surface area contributed by atoms with Gasteiger partial charge in [-0.25, -0.2) is 23.5 Å². The van der Waals surface area contributed by atoms with Crippen LogP contribution in [0.5, 0.6) is 0 Å². The van der Waals surface area contributed by atoms with Crippen molar-refractivity contribution in [2.75, 3.05) is 33.0 Å². The van der Waals surface area contributed by atoms with Crippen LogP contribution in [-0.2, 0) is 34.0 Å². The van der Waals surface area contributed by atoms with Crippen LogP contribution >= 0.6 is 0 Å². The number of nitrogens with zero attached hydrogens (tertiary/aromatic N) is 3. The summed E-state index contributed by atoms with van der Waals surface area (Å²) in [5.41, 5.74) is 4.78. The van der Waals surface area contributed by atoms with Crippen molar-refractivity contribution in [2.24, 2.45) is 17.8 Å². The Morgan fingerprint density at radius 3 is 2.38 bits per heavy atom. The van der Waals surface area contributed by atoms with Crippen molar-refractivity contribution in [1.82, 2.24) is 25.1 Å². The molecule has 2 aliphatic rings. The molecular formula is C31H47N5O8S. The molecule has 0 aliphatic carbocycles. The third kappa shape index (κ3) is 9.83. The van der Waals surface area contributed by atoms with Gasteiger partial charge in [0.05, 0.1) is 24.6 Å². The zero-order valence-electron chi connectivity index (χ0n) is 27.0. The molecule has 1 unspecified atom stereocenters. The molecule has 3 rings (SSSR count). The molecule has 45 heavy (non-hydrogen) atoms. The maximum atomic E-state index is 13.9. The molecule has 2 N–H and O–H groups in total. The molecule has 14 heteroatoms. The normalized spacial score (nSPS) is 20.2. The van der Waals surface area contributed by atoms with Crippen LogP contribution in [0, 0.1) is 17.8 Å². The monoisotopic (exact) mass is 649 g/mol. The Morgan fingerprint density at radius 2 is 1.82 bits per heavy atom. The van der Waals surface area contributed by atoms with Gasteiger partial charge in [0.2, 0.25) is 21.8 Å². The Balaban J connectivity index is 1.82. The van der Waals surface area contributed by atoms with Crippen molar-refractivity contribution >= 4 is 39.9 Å². The van der Waals surface area contributed by atoms with Crippen LogP contribution in [0.1, 0.15) is 65.4 Å². The highest BCUT2D eigenvalue weighted by Gasteiger charge is 2.49. The van der Waals surface area contributed by atoms with Crippen LogP contribution in [-0.4, -0.2) is 91.2 Å². The number of hydrazine groups is 1. The number of allylic oxidation sites excluding steroid dienone is 1. The molecule has 0 spiro atoms. The van der Waals surface area contributed by atoms with Crippen LogP contribution in [0.3, 0.4) is 0 Å². The van der Waals surface area contributed by atoms with Gasteiger partial charge in [0.15, 0.2) is 6.29 Å². The number of hydrogen-bond donors (Lipinski definition) is 2. The summed E-state index contributed by atoms with van der Waals surface area (Å²) in [5.74, 6) is -3.60. The summed E-state index contributed by atoms with van der Waals surface area (Å²) in [5, 5.41) is 0. The first-order valence-corrected chi connectivity index (χ1v) is 17.1. The summed E-state index contributed by atoms with van der Waals surface area (Å²) in [4.78, 5) is 60.8. The van der Waals surface area contributed by atoms with Gasteiger partial charge in [-0.2, -0.15) is 0 Å². The number of hydrogen-bond acceptors (Lipinski definition) is 8. The van der Waals surface area contributed by atoms with Gasteiger partial charge < -0.3 is 9.64 Å². The highest BCUT2D eigenvalue weighted by molar-refractivity contribution is 7.88. The van der Waals surface area contributed by atoms with Crippen LogP contribution < -0.4 is 10.9 Å². The molecule has 250 valence electrons. The fourth-order valence-corrected chi connectivity index (χ4v) is 5.88. The van der Waals surface area contributed by atoms with Gasteiger partial charge >= 0.3 is 6.03 Å². The molecule has 2 aliphatic heterocycles. The Hall–Kier alpha value is -3.33. The average Bonchev–Trinajstić information content (AvgIpc) is 3.13. The lowest BCUT2D eigenvalue weighted by molar-refractivity contribution is -0.203. The third-order valence-corrected chi connectivity index (χ3v) is 9.17. The van der Waals surface area contributed by atoms with E-state index in [1.165, 1.54) is 11.9 Å². The van der Waals surface area contributed by atoms with Gasteiger partial charge in [0.25, 0.3) is 5.91 Å². The molecule has 1 aromatic carbocycles. The van der Waals surface area contributed by atoms with Gasteiger partial charge in [0.1, 0.15) is 5.54 Å². The quantitative estimate of drug-likeness (QED) is 0.217. The van der Waals surface area contributed by atoms with E-state index < -0.39 is 57.4 Å². The van der Waals surface area contributed by atoms with Crippen LogP contribution in [0.2, 0.25) is 0 Å². The first kappa shape index (κ1) is 36.1. The number of carbonyl (C=O) groups is 4. The lowest BCUT2D eigenvalue weighted by Gasteiger charge is -2.30. The average molecular weight is 650 g/mol. The number of rotatable bonds is 15. The summed E-state index contributed by atoms with van der Waals surface area (Å²) in [6.07, 6.45) is 6.82. The maximum absolute atomic E-state index is 13.9. The molecular weight excluding hydrogens is 602 g/mol. The number of urea groups is 1. The summed E-state index contributed by atoms with van der Waals surface area (Å²) in [7, 11) is -2.54. The van der Waals surface area contributed by atoms with E-state index >= 15 is 0 Å². The number of sulfonamides is 1. The summed E-state index contributed by atoms with van der Waals surface area (Å²) in [6, 6.07) is 8.92. The molecule has 3 atom stereocenters. The Labute approximate surface area is 266 Å². The third-order valence-electron chi connectivity index (χ3n) is 8.10. The smallest absolute Gasteiger partial charge is 0.327 e. The molecule has 1 aromatic rings. The lowest BCUT2D eigenvalue weighted by Crippen LogP contribution is -2.53. The first-order chi connectivity index (χ1) is 21.1. The molecule has 2 saturated heterocycles. The number of nitrogens with one attached hydrogen (secondary N) is 2. The molecule has 0 bridgehead atoms. The van der Waals surface area contributed by atoms with Gasteiger partial charge in [-0.1, -0.05) is 56.3 Å². The fourth-order valence-electron chi connectivity index (χ4n) is 5.21. The number of carbonyl (C=O) groups excluding carboxylic acids is 4. The van der Waals surface area contributed by atoms with E-state index in [2.05, 4.69) is 10.9 Å². The van der Waals surface area contributed by atoms with Gasteiger partial charge in [-0.15, -0.1) is 4.41 Å². The highest BCUT2D eigenvalue weighted by atomic mass is 32.2. The molecule has 2 heterocycles. The lowest BCUT2D eigenvalue weighted by atomic mass is 9.82. The van der Waals surface area contributed by atoms with E-state index in [1.807, 2.05) is 50.3 Å². The largest absolute Gasteiger partial charge is 0.350 e. The number of likely N-dealkylation sites (N-methyl/N-ethyl adjacent to an activating group) is 1. The molecule has 0 saturated carbocycles. The van der Waals surface area contributed by atoms with Gasteiger partial charge in [0, 0.05) is 26.6 Å². The van der Waals surface area contributed by atoms with E-state index in [-0.39, 0.29) is 31.8 Å². The van der Waals surface area contributed by atoms with Crippen molar-refractivity contribution in [2.45, 2.75) is 71.6 Å². The van der Waals surface area contributed by atoms with Gasteiger partial charge in [-0.3, -0.25) is 24.7 Å². The standard InChI is InChI=1S/C31H47N5O8S/c1-22(2)21-25(27(37)32-36(45(6,41)42)19-18-35-29(39)31(3,4)34(5)30(35)40)24(16-12-15-23-13-8-7-9-14-23)28(38)33-44-26-17-10-11-20-43-26/h7-9,12-15,22,24-26H,10-11,16-21H2,1-6H3,(H,32,37)(H,33,38)/t24-,25+,26?/m0/s1. The predicted octanol–water partition coefficient (Wildman–Crippen LogP) is 2.91. The number of benzene rings is 1. The van der Waals surface area contributed by atoms with Crippen molar-refractivity contribution in [3.8, 4) is 0 Å². The van der Waals surface area contributed by atoms with Crippen molar-refractivity contribution in [3.05, 3.63) is 42.0 Å². The van der Waals surface area contributed by atoms with Crippen LogP contribution in [0.25, 0.3) is 6.08 Å². The summed E-state index contributed by atoms with van der Waals surface area (Å²) < 4.78 is 31.8. The van der Waals surface area contributed by atoms with Crippen LogP contribution in [0.15, 0.2) is 36.4 Å². The topological polar surface area (TPSA) is 155 Å². The zero-order valence-corrected chi connectivity index (χ0v) is 27.8. The molecule has 0 aromatic heterocycles. The van der Waals surface area contributed by atoms with E-state index in [0.29, 0.717) is 13.0 Å². The van der Waals surface area contributed by atoms with Crippen LogP contribution in [0.4, 0.5) is 4.79 Å². The minimum absolute atomic E-state index is 0.0268. The first-order valence-electron chi connectivity index (χ1n) is 15.3. The number of imide groups is 1. The van der Waals surface area contributed by atoms with Crippen molar-refractivity contribution in [1.29, 1.82) is 0 Å². The minimum Gasteiger partial charge on any atom is -0.350 e. The minimum atomic E-state index is -4.03. The summed E-state index contributed by atoms with van der Waals surface area (Å²) in [6.45, 7) is 6.88. The van der Waals surface area contributed by atoms with Gasteiger partial charge in [-0.05, 0) is 51.0 Å². The maximum Gasteiger partial charge on any atom is 0.327 e. The highest BCUT2D eigenvalue weighted by Crippen LogP contribution is 2.27. The van der Waals surface area contributed by atoms with E-state index in [1.54, 1.807) is 19.9 Å². The fraction of sp³-hybridized carbons (Fsp3) is 0.613. The van der Waals surface area contributed by atoms with E-state index in [0.717, 1.165) is 34.0 Å². The van der Waals surface area contributed by atoms with E-state index in [9.17, 15) is 27.6 Å². The predicted molar refractivity (Wildman–Crippen MR) is 168 cm³/mol. The van der Waals surface area contributed by atoms with E-state index in [4.69, 9.17) is 9.57 Å². The number of ether oxygens (including phenoxy) is 1. The zero-order chi connectivity index (χ0) is 33.4. The van der Waals surface area contributed by atoms with Crippen molar-refractivity contribution in [3.63, 3.8) is 0 Å². The molecule has 0 radical (unpaired) electrons. The Bertz CT molecular complexity index is 1330. The Kier molecular flexibility index (Phi) is 12.7. The Morgan fingerprint density at radius 1 is 1.13 bits per heavy atom. The van der Waals surface area contributed by atoms with Crippen molar-refractivity contribution < 1.29 is 37.2 Å². The SMILES string of the molecule is CC(C)C[C@@H](C(=O)NN(CCN1C(=O)N(C)C(C)(C)C1=O)S(C)(=O)=O)[C@H](CC=Cc1ccccc1)C(=O)NOC1CCCCO1. The second-order valence-electron chi connectivity index (χ2n) is 12.4. The second-order valence-corrected chi connectivity index (χ2v) is 14.3.